The van der Waals surface area contributed by atoms with Gasteiger partial charge in [-0.3, -0.25) is 4.79 Å². The van der Waals surface area contributed by atoms with Crippen LogP contribution in [0.1, 0.15) is 39.5 Å². The van der Waals surface area contributed by atoms with Crippen LogP contribution in [0.4, 0.5) is 0 Å². The second-order valence-corrected chi connectivity index (χ2v) is 6.25. The third-order valence-electron chi connectivity index (χ3n) is 4.83. The number of rotatable bonds is 0. The van der Waals surface area contributed by atoms with Gasteiger partial charge in [0.1, 0.15) is 0 Å². The molecular weight excluding hydrogens is 200 g/mol. The first-order valence-corrected chi connectivity index (χ1v) is 6.41. The minimum absolute atomic E-state index is 0.242. The molecule has 0 aromatic carbocycles. The zero-order valence-corrected chi connectivity index (χ0v) is 10.8. The number of nitrogens with zero attached hydrogens (tertiary/aromatic N) is 1. The largest absolute Gasteiger partial charge is 0.356 e. The molecule has 92 valence electrons. The highest BCUT2D eigenvalue weighted by Gasteiger charge is 2.48. The Balaban J connectivity index is 2.18. The van der Waals surface area contributed by atoms with Crippen molar-refractivity contribution in [3.63, 3.8) is 0 Å². The van der Waals surface area contributed by atoms with Crippen LogP contribution in [-0.2, 0) is 4.79 Å². The lowest BCUT2D eigenvalue weighted by molar-refractivity contribution is -0.121. The number of carbonyl (C=O) groups excluding carboxylic acids is 1. The fourth-order valence-electron chi connectivity index (χ4n) is 3.60. The highest BCUT2D eigenvalue weighted by atomic mass is 16.1. The van der Waals surface area contributed by atoms with Crippen LogP contribution < -0.4 is 5.32 Å². The molecule has 0 radical (unpaired) electrons. The van der Waals surface area contributed by atoms with Crippen molar-refractivity contribution in [2.24, 2.45) is 10.8 Å². The lowest BCUT2D eigenvalue weighted by Crippen LogP contribution is -2.51. The number of nitrogens with one attached hydrogen (secondary N) is 1. The summed E-state index contributed by atoms with van der Waals surface area (Å²) in [6.07, 6.45) is 4.18. The van der Waals surface area contributed by atoms with Gasteiger partial charge in [-0.05, 0) is 43.7 Å². The first kappa shape index (κ1) is 11.9. The van der Waals surface area contributed by atoms with E-state index < -0.39 is 0 Å². The molecule has 0 aliphatic carbocycles. The summed E-state index contributed by atoms with van der Waals surface area (Å²) < 4.78 is 0. The Labute approximate surface area is 98.6 Å². The van der Waals surface area contributed by atoms with Crippen molar-refractivity contribution in [2.45, 2.75) is 39.5 Å². The van der Waals surface area contributed by atoms with Gasteiger partial charge in [-0.1, -0.05) is 13.8 Å². The molecule has 1 amide bonds. The highest BCUT2D eigenvalue weighted by Crippen LogP contribution is 2.51. The molecule has 0 aromatic heterocycles. The predicted molar refractivity (Wildman–Crippen MR) is 65.2 cm³/mol. The minimum atomic E-state index is 0.242. The maximum Gasteiger partial charge on any atom is 0.220 e. The van der Waals surface area contributed by atoms with Crippen LogP contribution in [0.25, 0.3) is 0 Å². The van der Waals surface area contributed by atoms with Crippen molar-refractivity contribution >= 4 is 5.91 Å². The Hall–Kier alpha value is -0.570. The smallest absolute Gasteiger partial charge is 0.220 e. The first-order chi connectivity index (χ1) is 7.45. The van der Waals surface area contributed by atoms with E-state index in [1.165, 1.54) is 13.0 Å². The van der Waals surface area contributed by atoms with Crippen molar-refractivity contribution in [1.82, 2.24) is 10.2 Å². The maximum absolute atomic E-state index is 11.5. The van der Waals surface area contributed by atoms with Crippen LogP contribution >= 0.6 is 0 Å². The lowest BCUT2D eigenvalue weighted by Gasteiger charge is -2.53. The van der Waals surface area contributed by atoms with Gasteiger partial charge < -0.3 is 10.2 Å². The van der Waals surface area contributed by atoms with E-state index in [4.69, 9.17) is 0 Å². The number of hydrogen-bond donors (Lipinski definition) is 1. The van der Waals surface area contributed by atoms with Crippen LogP contribution in [0, 0.1) is 10.8 Å². The number of hydrogen-bond acceptors (Lipinski definition) is 2. The molecule has 3 heteroatoms. The average Bonchev–Trinajstić information content (AvgIpc) is 2.36. The molecule has 1 atom stereocenters. The van der Waals surface area contributed by atoms with Crippen LogP contribution in [0.5, 0.6) is 0 Å². The van der Waals surface area contributed by atoms with E-state index in [1.54, 1.807) is 0 Å². The van der Waals surface area contributed by atoms with Crippen molar-refractivity contribution in [2.75, 3.05) is 26.7 Å². The van der Waals surface area contributed by atoms with Gasteiger partial charge in [-0.15, -0.1) is 0 Å². The van der Waals surface area contributed by atoms with Gasteiger partial charge in [0.2, 0.25) is 5.91 Å². The van der Waals surface area contributed by atoms with Gasteiger partial charge in [-0.2, -0.15) is 0 Å². The van der Waals surface area contributed by atoms with Crippen molar-refractivity contribution in [1.29, 1.82) is 0 Å². The molecule has 0 bridgehead atoms. The standard InChI is InChI=1S/C13H24N2O/c1-12(2)10-15(3)9-7-13(12)5-4-11(16)14-8-6-13/h4-10H2,1-3H3,(H,14,16). The average molecular weight is 224 g/mol. The molecule has 1 spiro atoms. The zero-order chi connectivity index (χ0) is 11.8. The van der Waals surface area contributed by atoms with Gasteiger partial charge >= 0.3 is 0 Å². The van der Waals surface area contributed by atoms with Crippen LogP contribution in [0.2, 0.25) is 0 Å². The predicted octanol–water partition coefficient (Wildman–Crippen LogP) is 1.63. The molecule has 2 aliphatic rings. The quantitative estimate of drug-likeness (QED) is 0.678. The van der Waals surface area contributed by atoms with Gasteiger partial charge in [0.25, 0.3) is 0 Å². The van der Waals surface area contributed by atoms with E-state index in [2.05, 4.69) is 31.1 Å². The summed E-state index contributed by atoms with van der Waals surface area (Å²) in [5, 5.41) is 3.01. The van der Waals surface area contributed by atoms with E-state index in [-0.39, 0.29) is 5.91 Å². The van der Waals surface area contributed by atoms with Gasteiger partial charge in [0.05, 0.1) is 0 Å². The van der Waals surface area contributed by atoms with Gasteiger partial charge in [0.15, 0.2) is 0 Å². The summed E-state index contributed by atoms with van der Waals surface area (Å²) >= 11 is 0. The summed E-state index contributed by atoms with van der Waals surface area (Å²) in [5.41, 5.74) is 0.699. The van der Waals surface area contributed by atoms with Crippen molar-refractivity contribution in [3.8, 4) is 0 Å². The molecule has 2 saturated heterocycles. The molecule has 1 N–H and O–H groups in total. The van der Waals surface area contributed by atoms with Crippen LogP contribution in [0.15, 0.2) is 0 Å². The first-order valence-electron chi connectivity index (χ1n) is 6.41. The Kier molecular flexibility index (Phi) is 2.99. The van der Waals surface area contributed by atoms with E-state index in [1.807, 2.05) is 0 Å². The Morgan fingerprint density at radius 2 is 2.00 bits per heavy atom. The second-order valence-electron chi connectivity index (χ2n) is 6.25. The van der Waals surface area contributed by atoms with E-state index >= 15 is 0 Å². The van der Waals surface area contributed by atoms with Crippen LogP contribution in [-0.4, -0.2) is 37.5 Å². The molecular formula is C13H24N2O. The normalized spacial score (nSPS) is 35.8. The molecule has 3 nitrogen and oxygen atoms in total. The number of likely N-dealkylation sites (tertiary alicyclic amines) is 1. The topological polar surface area (TPSA) is 32.3 Å². The Morgan fingerprint density at radius 3 is 2.69 bits per heavy atom. The number of amides is 1. The second kappa shape index (κ2) is 4.02. The van der Waals surface area contributed by atoms with Crippen molar-refractivity contribution in [3.05, 3.63) is 0 Å². The van der Waals surface area contributed by atoms with E-state index in [0.717, 1.165) is 25.9 Å². The number of carbonyl (C=O) groups is 1. The summed E-state index contributed by atoms with van der Waals surface area (Å²) in [4.78, 5) is 13.9. The van der Waals surface area contributed by atoms with Gasteiger partial charge in [0, 0.05) is 19.5 Å². The molecule has 0 aromatic rings. The monoisotopic (exact) mass is 224 g/mol. The zero-order valence-electron chi connectivity index (χ0n) is 10.8. The van der Waals surface area contributed by atoms with Gasteiger partial charge in [-0.25, -0.2) is 0 Å². The third kappa shape index (κ3) is 1.97. The summed E-state index contributed by atoms with van der Waals surface area (Å²) in [7, 11) is 2.20. The fraction of sp³-hybridized carbons (Fsp3) is 0.923. The van der Waals surface area contributed by atoms with Crippen LogP contribution in [0.3, 0.4) is 0 Å². The SMILES string of the molecule is CN1CCC2(CCNC(=O)CC2)C(C)(C)C1. The molecule has 2 fully saturated rings. The third-order valence-corrected chi connectivity index (χ3v) is 4.83. The summed E-state index contributed by atoms with van der Waals surface area (Å²) in [6, 6.07) is 0. The Bertz CT molecular complexity index is 288. The molecule has 16 heavy (non-hydrogen) atoms. The summed E-state index contributed by atoms with van der Waals surface area (Å²) in [6.45, 7) is 7.95. The Morgan fingerprint density at radius 1 is 1.25 bits per heavy atom. The molecule has 2 aliphatic heterocycles. The summed E-state index contributed by atoms with van der Waals surface area (Å²) in [5.74, 6) is 0.242. The maximum atomic E-state index is 11.5. The van der Waals surface area contributed by atoms with E-state index in [0.29, 0.717) is 17.3 Å². The molecule has 2 heterocycles. The molecule has 0 saturated carbocycles. The van der Waals surface area contributed by atoms with E-state index in [9.17, 15) is 4.79 Å². The number of piperidine rings is 1. The lowest BCUT2D eigenvalue weighted by atomic mass is 9.58. The molecule has 2 rings (SSSR count). The highest BCUT2D eigenvalue weighted by molar-refractivity contribution is 5.76. The minimum Gasteiger partial charge on any atom is -0.356 e. The fourth-order valence-corrected chi connectivity index (χ4v) is 3.60. The molecule has 1 unspecified atom stereocenters. The van der Waals surface area contributed by atoms with Crippen molar-refractivity contribution < 1.29 is 4.79 Å².